The Bertz CT molecular complexity index is 1260. The Kier molecular flexibility index (Phi) is 5.53. The molecule has 1 fully saturated rings. The van der Waals surface area contributed by atoms with Gasteiger partial charge in [-0.05, 0) is 66.8 Å². The minimum atomic E-state index is -1.05. The van der Waals surface area contributed by atoms with Gasteiger partial charge in [-0.1, -0.05) is 28.1 Å². The standard InChI is InChI=1S/C22H13BrN2O5S/c23-14-4-6-15(7-5-14)25-20(27)17(19(26)24-22(25)31)11-16-8-9-18(30-16)12-2-1-3-13(10-12)21(28)29/h1-11H,(H,28,29)(H,24,26,31)/b17-11+. The number of carboxylic acids is 1. The molecular weight excluding hydrogens is 484 g/mol. The smallest absolute Gasteiger partial charge is 0.335 e. The average Bonchev–Trinajstić information content (AvgIpc) is 3.21. The molecule has 0 saturated carbocycles. The number of halogens is 1. The quantitative estimate of drug-likeness (QED) is 0.318. The number of furan rings is 1. The lowest BCUT2D eigenvalue weighted by molar-refractivity contribution is -0.122. The first-order valence-corrected chi connectivity index (χ1v) is 10.1. The van der Waals surface area contributed by atoms with Crippen molar-refractivity contribution in [2.24, 2.45) is 0 Å². The van der Waals surface area contributed by atoms with E-state index < -0.39 is 17.8 Å². The van der Waals surface area contributed by atoms with Crippen LogP contribution < -0.4 is 10.2 Å². The lowest BCUT2D eigenvalue weighted by Gasteiger charge is -2.28. The van der Waals surface area contributed by atoms with Crippen LogP contribution in [0, 0.1) is 0 Å². The van der Waals surface area contributed by atoms with E-state index in [1.807, 2.05) is 0 Å². The average molecular weight is 497 g/mol. The second kappa shape index (κ2) is 8.29. The summed E-state index contributed by atoms with van der Waals surface area (Å²) in [4.78, 5) is 37.9. The summed E-state index contributed by atoms with van der Waals surface area (Å²) in [7, 11) is 0. The van der Waals surface area contributed by atoms with Gasteiger partial charge < -0.3 is 9.52 Å². The van der Waals surface area contributed by atoms with E-state index in [4.69, 9.17) is 21.7 Å². The van der Waals surface area contributed by atoms with Crippen LogP contribution in [-0.4, -0.2) is 28.0 Å². The van der Waals surface area contributed by atoms with Crippen LogP contribution in [0.3, 0.4) is 0 Å². The van der Waals surface area contributed by atoms with Crippen LogP contribution in [0.1, 0.15) is 16.1 Å². The molecule has 0 atom stereocenters. The van der Waals surface area contributed by atoms with Crippen LogP contribution in [0.5, 0.6) is 0 Å². The molecule has 1 aromatic heterocycles. The zero-order valence-electron chi connectivity index (χ0n) is 15.7. The van der Waals surface area contributed by atoms with Crippen molar-refractivity contribution in [3.63, 3.8) is 0 Å². The van der Waals surface area contributed by atoms with Gasteiger partial charge in [-0.15, -0.1) is 0 Å². The normalized spacial score (nSPS) is 15.3. The first kappa shape index (κ1) is 20.7. The summed E-state index contributed by atoms with van der Waals surface area (Å²) in [5, 5.41) is 11.7. The van der Waals surface area contributed by atoms with Crippen molar-refractivity contribution in [2.45, 2.75) is 0 Å². The van der Waals surface area contributed by atoms with Crippen molar-refractivity contribution in [3.05, 3.63) is 82.0 Å². The van der Waals surface area contributed by atoms with E-state index in [0.717, 1.165) is 4.47 Å². The summed E-state index contributed by atoms with van der Waals surface area (Å²) in [6, 6.07) is 16.4. The van der Waals surface area contributed by atoms with E-state index in [2.05, 4.69) is 21.2 Å². The highest BCUT2D eigenvalue weighted by Gasteiger charge is 2.34. The first-order chi connectivity index (χ1) is 14.8. The van der Waals surface area contributed by atoms with Gasteiger partial charge in [0.05, 0.1) is 11.3 Å². The Morgan fingerprint density at radius 1 is 1.10 bits per heavy atom. The number of nitrogens with one attached hydrogen (secondary N) is 1. The van der Waals surface area contributed by atoms with Crippen molar-refractivity contribution in [1.29, 1.82) is 0 Å². The molecule has 9 heteroatoms. The molecule has 0 bridgehead atoms. The molecule has 1 aliphatic heterocycles. The van der Waals surface area contributed by atoms with Crippen LogP contribution in [0.2, 0.25) is 0 Å². The predicted octanol–water partition coefficient (Wildman–Crippen LogP) is 4.24. The Balaban J connectivity index is 1.66. The topological polar surface area (TPSA) is 99.9 Å². The van der Waals surface area contributed by atoms with Gasteiger partial charge in [0.1, 0.15) is 17.1 Å². The maximum Gasteiger partial charge on any atom is 0.335 e. The van der Waals surface area contributed by atoms with Crippen molar-refractivity contribution >= 4 is 62.8 Å². The van der Waals surface area contributed by atoms with Gasteiger partial charge >= 0.3 is 5.97 Å². The summed E-state index contributed by atoms with van der Waals surface area (Å²) >= 11 is 8.51. The molecule has 2 heterocycles. The Morgan fingerprint density at radius 2 is 1.84 bits per heavy atom. The zero-order valence-corrected chi connectivity index (χ0v) is 18.1. The monoisotopic (exact) mass is 496 g/mol. The SMILES string of the molecule is O=C1NC(=S)N(c2ccc(Br)cc2)C(=O)/C1=C/c1ccc(-c2cccc(C(=O)O)c2)o1. The predicted molar refractivity (Wildman–Crippen MR) is 121 cm³/mol. The van der Waals surface area contributed by atoms with Crippen LogP contribution in [0.25, 0.3) is 17.4 Å². The number of anilines is 1. The third-order valence-electron chi connectivity index (χ3n) is 4.49. The summed E-state index contributed by atoms with van der Waals surface area (Å²) in [5.74, 6) is -1.60. The molecule has 31 heavy (non-hydrogen) atoms. The van der Waals surface area contributed by atoms with Crippen LogP contribution in [-0.2, 0) is 9.59 Å². The summed E-state index contributed by atoms with van der Waals surface area (Å²) in [6.07, 6.45) is 1.33. The Morgan fingerprint density at radius 3 is 2.55 bits per heavy atom. The molecule has 3 aromatic rings. The molecule has 1 saturated heterocycles. The number of hydrogen-bond acceptors (Lipinski definition) is 5. The Labute approximate surface area is 190 Å². The van der Waals surface area contributed by atoms with E-state index in [1.165, 1.54) is 23.1 Å². The number of carbonyl (C=O) groups excluding carboxylic acids is 2. The van der Waals surface area contributed by atoms with Crippen molar-refractivity contribution in [3.8, 4) is 11.3 Å². The number of rotatable bonds is 4. The van der Waals surface area contributed by atoms with Crippen LogP contribution in [0.4, 0.5) is 5.69 Å². The second-order valence-electron chi connectivity index (χ2n) is 6.52. The highest BCUT2D eigenvalue weighted by Crippen LogP contribution is 2.27. The largest absolute Gasteiger partial charge is 0.478 e. The fourth-order valence-electron chi connectivity index (χ4n) is 3.02. The maximum absolute atomic E-state index is 13.0. The molecule has 154 valence electrons. The summed E-state index contributed by atoms with van der Waals surface area (Å²) < 4.78 is 6.56. The number of benzene rings is 2. The van der Waals surface area contributed by atoms with E-state index >= 15 is 0 Å². The third kappa shape index (κ3) is 4.18. The molecule has 2 N–H and O–H groups in total. The number of aromatic carboxylic acids is 1. The molecule has 4 rings (SSSR count). The highest BCUT2D eigenvalue weighted by atomic mass is 79.9. The lowest BCUT2D eigenvalue weighted by Crippen LogP contribution is -2.54. The van der Waals surface area contributed by atoms with Crippen molar-refractivity contribution in [1.82, 2.24) is 5.32 Å². The minimum Gasteiger partial charge on any atom is -0.478 e. The highest BCUT2D eigenvalue weighted by molar-refractivity contribution is 9.10. The van der Waals surface area contributed by atoms with Gasteiger partial charge in [0.15, 0.2) is 5.11 Å². The first-order valence-electron chi connectivity index (χ1n) is 8.94. The molecule has 0 spiro atoms. The number of thiocarbonyl (C=S) groups is 1. The molecule has 2 aromatic carbocycles. The fourth-order valence-corrected chi connectivity index (χ4v) is 3.56. The van der Waals surface area contributed by atoms with Crippen LogP contribution in [0.15, 0.2) is 75.1 Å². The zero-order chi connectivity index (χ0) is 22.1. The maximum atomic E-state index is 13.0. The summed E-state index contributed by atoms with van der Waals surface area (Å²) in [5.41, 5.74) is 1.04. The molecule has 2 amide bonds. The molecule has 0 radical (unpaired) electrons. The van der Waals surface area contributed by atoms with Crippen molar-refractivity contribution < 1.29 is 23.9 Å². The third-order valence-corrected chi connectivity index (χ3v) is 5.31. The van der Waals surface area contributed by atoms with E-state index in [1.54, 1.807) is 48.5 Å². The Hall–Kier alpha value is -3.56. The van der Waals surface area contributed by atoms with Gasteiger partial charge in [-0.3, -0.25) is 19.8 Å². The summed E-state index contributed by atoms with van der Waals surface area (Å²) in [6.45, 7) is 0. The van der Waals surface area contributed by atoms with Gasteiger partial charge in [0.25, 0.3) is 11.8 Å². The number of carboxylic acid groups (broad SMARTS) is 1. The van der Waals surface area contributed by atoms with E-state index in [9.17, 15) is 14.4 Å². The lowest BCUT2D eigenvalue weighted by atomic mass is 10.1. The minimum absolute atomic E-state index is 0.0138. The number of nitrogens with zero attached hydrogens (tertiary/aromatic N) is 1. The van der Waals surface area contributed by atoms with Gasteiger partial charge in [0, 0.05) is 10.0 Å². The van der Waals surface area contributed by atoms with Gasteiger partial charge in [-0.2, -0.15) is 0 Å². The molecule has 0 aliphatic carbocycles. The van der Waals surface area contributed by atoms with E-state index in [-0.39, 0.29) is 22.0 Å². The van der Waals surface area contributed by atoms with Gasteiger partial charge in [0.2, 0.25) is 0 Å². The van der Waals surface area contributed by atoms with Crippen LogP contribution >= 0.6 is 28.1 Å². The number of hydrogen-bond donors (Lipinski definition) is 2. The number of amides is 2. The second-order valence-corrected chi connectivity index (χ2v) is 7.82. The fraction of sp³-hybridized carbons (Fsp3) is 0. The molecule has 7 nitrogen and oxygen atoms in total. The molecule has 0 unspecified atom stereocenters. The van der Waals surface area contributed by atoms with E-state index in [0.29, 0.717) is 17.0 Å². The van der Waals surface area contributed by atoms with Gasteiger partial charge in [-0.25, -0.2) is 4.79 Å². The molecule has 1 aliphatic rings. The van der Waals surface area contributed by atoms with Crippen molar-refractivity contribution in [2.75, 3.05) is 4.90 Å². The number of carbonyl (C=O) groups is 3. The molecular formula is C22H13BrN2O5S.